The largest absolute Gasteiger partial charge is 0.491 e. The first-order chi connectivity index (χ1) is 10.2. The fraction of sp³-hybridized carbons (Fsp3) is 0.647. The highest BCUT2D eigenvalue weighted by Crippen LogP contribution is 2.20. The van der Waals surface area contributed by atoms with Gasteiger partial charge in [-0.1, -0.05) is 13.0 Å². The Kier molecular flexibility index (Phi) is 6.33. The molecule has 0 amide bonds. The van der Waals surface area contributed by atoms with E-state index in [1.807, 2.05) is 24.3 Å². The van der Waals surface area contributed by atoms with E-state index in [1.54, 1.807) is 9.80 Å². The Morgan fingerprint density at radius 2 is 1.86 bits per heavy atom. The summed E-state index contributed by atoms with van der Waals surface area (Å²) in [5, 5.41) is 0. The number of likely N-dealkylation sites (N-methyl/N-ethyl adjacent to an activating group) is 1. The van der Waals surface area contributed by atoms with Gasteiger partial charge < -0.3 is 19.3 Å². The summed E-state index contributed by atoms with van der Waals surface area (Å²) in [4.78, 5) is 3.31. The maximum absolute atomic E-state index is 5.88. The van der Waals surface area contributed by atoms with Crippen LogP contribution in [0.15, 0.2) is 24.3 Å². The Balaban J connectivity index is 1.74. The summed E-state index contributed by atoms with van der Waals surface area (Å²) in [5.74, 6) is 1.81. The Morgan fingerprint density at radius 3 is 2.57 bits per heavy atom. The molecule has 0 radical (unpaired) electrons. The second kappa shape index (κ2) is 8.25. The number of piperazine rings is 1. The zero-order valence-corrected chi connectivity index (χ0v) is 13.7. The van der Waals surface area contributed by atoms with Gasteiger partial charge in [0.15, 0.2) is 0 Å². The molecule has 1 atom stereocenters. The smallest absolute Gasteiger partial charge is 0.137 e. The van der Waals surface area contributed by atoms with E-state index in [1.165, 1.54) is 26.2 Å². The van der Waals surface area contributed by atoms with Crippen LogP contribution < -0.4 is 19.3 Å². The van der Waals surface area contributed by atoms with E-state index in [0.29, 0.717) is 0 Å². The maximum atomic E-state index is 5.88. The van der Waals surface area contributed by atoms with Crippen LogP contribution in [-0.4, -0.2) is 52.5 Å². The molecule has 1 fully saturated rings. The third-order valence-corrected chi connectivity index (χ3v) is 4.25. The van der Waals surface area contributed by atoms with E-state index in [4.69, 9.17) is 9.47 Å². The molecule has 0 aliphatic carbocycles. The van der Waals surface area contributed by atoms with Crippen molar-refractivity contribution in [1.82, 2.24) is 0 Å². The highest BCUT2D eigenvalue weighted by Gasteiger charge is 2.19. The zero-order valence-electron chi connectivity index (χ0n) is 13.7. The van der Waals surface area contributed by atoms with Gasteiger partial charge in [0, 0.05) is 6.07 Å². The molecule has 0 saturated carbocycles. The molecule has 0 aromatic heterocycles. The van der Waals surface area contributed by atoms with Crippen molar-refractivity contribution in [3.05, 3.63) is 24.3 Å². The molecule has 21 heavy (non-hydrogen) atoms. The zero-order chi connectivity index (χ0) is 15.1. The second-order valence-corrected chi connectivity index (χ2v) is 6.12. The highest BCUT2D eigenvalue weighted by molar-refractivity contribution is 5.33. The third-order valence-electron chi connectivity index (χ3n) is 4.25. The molecule has 0 unspecified atom stereocenters. The van der Waals surface area contributed by atoms with Gasteiger partial charge in [0.1, 0.15) is 50.8 Å². The van der Waals surface area contributed by atoms with Crippen molar-refractivity contribution in [2.75, 3.05) is 46.4 Å². The Morgan fingerprint density at radius 1 is 1.14 bits per heavy atom. The van der Waals surface area contributed by atoms with Gasteiger partial charge >= 0.3 is 0 Å². The van der Waals surface area contributed by atoms with Crippen molar-refractivity contribution in [2.45, 2.75) is 26.4 Å². The predicted molar refractivity (Wildman–Crippen MR) is 84.5 cm³/mol. The first-order valence-electron chi connectivity index (χ1n) is 8.21. The van der Waals surface area contributed by atoms with Crippen LogP contribution in [0.5, 0.6) is 11.5 Å². The number of rotatable bonds is 7. The fourth-order valence-electron chi connectivity index (χ4n) is 2.55. The van der Waals surface area contributed by atoms with Crippen LogP contribution in [0.25, 0.3) is 0 Å². The number of nitrogens with one attached hydrogen (secondary N) is 2. The van der Waals surface area contributed by atoms with E-state index in [2.05, 4.69) is 20.9 Å². The molecule has 2 rings (SSSR count). The summed E-state index contributed by atoms with van der Waals surface area (Å²) in [6, 6.07) is 8.00. The van der Waals surface area contributed by atoms with Crippen molar-refractivity contribution < 1.29 is 19.3 Å². The average Bonchev–Trinajstić information content (AvgIpc) is 2.49. The standard InChI is InChI=1S/C17H28N2O2/c1-4-15(2)21-17-7-5-6-16(14-17)20-13-12-19-10-8-18(3)9-11-19/h5-7,14-15H,4,8-13H2,1-3H3/p+2/t15-/m0/s1. The molecular weight excluding hydrogens is 264 g/mol. The van der Waals surface area contributed by atoms with Crippen molar-refractivity contribution in [1.29, 1.82) is 0 Å². The number of quaternary nitrogens is 2. The quantitative estimate of drug-likeness (QED) is 0.720. The SMILES string of the molecule is CC[C@H](C)Oc1cccc(OCC[NH+]2CC[NH+](C)CC2)c1. The van der Waals surface area contributed by atoms with E-state index in [-0.39, 0.29) is 6.10 Å². The van der Waals surface area contributed by atoms with Gasteiger partial charge in [-0.25, -0.2) is 0 Å². The fourth-order valence-corrected chi connectivity index (χ4v) is 2.55. The summed E-state index contributed by atoms with van der Waals surface area (Å²) in [7, 11) is 2.27. The van der Waals surface area contributed by atoms with Crippen LogP contribution in [0.2, 0.25) is 0 Å². The van der Waals surface area contributed by atoms with Gasteiger partial charge in [-0.2, -0.15) is 0 Å². The third kappa shape index (κ3) is 5.56. The lowest BCUT2D eigenvalue weighted by Crippen LogP contribution is -3.27. The van der Waals surface area contributed by atoms with Gasteiger partial charge in [-0.15, -0.1) is 0 Å². The Hall–Kier alpha value is -1.26. The molecule has 4 heteroatoms. The van der Waals surface area contributed by atoms with Crippen molar-refractivity contribution in [3.8, 4) is 11.5 Å². The number of ether oxygens (including phenoxy) is 2. The van der Waals surface area contributed by atoms with Gasteiger partial charge in [0.2, 0.25) is 0 Å². The molecule has 0 bridgehead atoms. The molecular formula is C17H30N2O2+2. The number of benzene rings is 1. The van der Waals surface area contributed by atoms with Gasteiger partial charge in [-0.05, 0) is 25.5 Å². The van der Waals surface area contributed by atoms with Gasteiger partial charge in [0.05, 0.1) is 13.2 Å². The van der Waals surface area contributed by atoms with Crippen molar-refractivity contribution >= 4 is 0 Å². The minimum Gasteiger partial charge on any atom is -0.491 e. The average molecular weight is 294 g/mol. The molecule has 4 nitrogen and oxygen atoms in total. The summed E-state index contributed by atoms with van der Waals surface area (Å²) in [6.45, 7) is 11.1. The number of hydrogen-bond acceptors (Lipinski definition) is 2. The van der Waals surface area contributed by atoms with Crippen molar-refractivity contribution in [2.24, 2.45) is 0 Å². The van der Waals surface area contributed by atoms with E-state index < -0.39 is 0 Å². The van der Waals surface area contributed by atoms with Crippen LogP contribution in [0, 0.1) is 0 Å². The lowest BCUT2D eigenvalue weighted by molar-refractivity contribution is -1.00. The molecule has 2 N–H and O–H groups in total. The Labute approximate surface area is 128 Å². The lowest BCUT2D eigenvalue weighted by atomic mass is 10.3. The van der Waals surface area contributed by atoms with E-state index in [9.17, 15) is 0 Å². The summed E-state index contributed by atoms with van der Waals surface area (Å²) in [6.07, 6.45) is 1.26. The molecule has 1 aromatic carbocycles. The molecule has 1 aromatic rings. The van der Waals surface area contributed by atoms with E-state index >= 15 is 0 Å². The minimum absolute atomic E-state index is 0.248. The second-order valence-electron chi connectivity index (χ2n) is 6.12. The lowest BCUT2D eigenvalue weighted by Gasteiger charge is -2.27. The summed E-state index contributed by atoms with van der Waals surface area (Å²) < 4.78 is 11.7. The predicted octanol–water partition coefficient (Wildman–Crippen LogP) is -0.344. The summed E-state index contributed by atoms with van der Waals surface area (Å²) in [5.41, 5.74) is 0. The minimum atomic E-state index is 0.248. The molecule has 1 saturated heterocycles. The molecule has 1 aliphatic heterocycles. The molecule has 118 valence electrons. The first kappa shape index (κ1) is 16.1. The number of hydrogen-bond donors (Lipinski definition) is 2. The normalized spacial score (nSPS) is 23.6. The monoisotopic (exact) mass is 294 g/mol. The first-order valence-corrected chi connectivity index (χ1v) is 8.21. The van der Waals surface area contributed by atoms with Crippen LogP contribution in [0.4, 0.5) is 0 Å². The highest BCUT2D eigenvalue weighted by atomic mass is 16.5. The topological polar surface area (TPSA) is 27.3 Å². The maximum Gasteiger partial charge on any atom is 0.137 e. The van der Waals surface area contributed by atoms with Crippen LogP contribution in [0.1, 0.15) is 20.3 Å². The molecule has 1 heterocycles. The Bertz CT molecular complexity index is 417. The van der Waals surface area contributed by atoms with Gasteiger partial charge in [0.25, 0.3) is 0 Å². The van der Waals surface area contributed by atoms with Crippen molar-refractivity contribution in [3.63, 3.8) is 0 Å². The van der Waals surface area contributed by atoms with Crippen LogP contribution in [-0.2, 0) is 0 Å². The van der Waals surface area contributed by atoms with Crippen LogP contribution >= 0.6 is 0 Å². The molecule has 1 aliphatic rings. The summed E-state index contributed by atoms with van der Waals surface area (Å²) >= 11 is 0. The molecule has 0 spiro atoms. The van der Waals surface area contributed by atoms with E-state index in [0.717, 1.165) is 31.1 Å². The van der Waals surface area contributed by atoms with Crippen LogP contribution in [0.3, 0.4) is 0 Å². The van der Waals surface area contributed by atoms with Gasteiger partial charge in [-0.3, -0.25) is 0 Å².